The van der Waals surface area contributed by atoms with Crippen LogP contribution in [0, 0.1) is 9.39 Å². The summed E-state index contributed by atoms with van der Waals surface area (Å²) < 4.78 is 14.1. The summed E-state index contributed by atoms with van der Waals surface area (Å²) in [5.41, 5.74) is 1.28. The molecule has 0 aliphatic carbocycles. The Balaban J connectivity index is 2.02. The minimum Gasteiger partial charge on any atom is -0.387 e. The molecular weight excluding hydrogens is 380 g/mol. The molecule has 0 saturated carbocycles. The molecule has 0 fully saturated rings. The number of rotatable bonds is 4. The van der Waals surface area contributed by atoms with Gasteiger partial charge in [0.15, 0.2) is 0 Å². The maximum atomic E-state index is 13.0. The lowest BCUT2D eigenvalue weighted by molar-refractivity contribution is 0.191. The first-order valence-corrected chi connectivity index (χ1v) is 7.14. The fraction of sp³-hybridized carbons (Fsp3) is 0.143. The predicted molar refractivity (Wildman–Crippen MR) is 84.0 cm³/mol. The third-order valence-corrected chi connectivity index (χ3v) is 3.63. The summed E-state index contributed by atoms with van der Waals surface area (Å²) >= 11 is 8.25. The fourth-order valence-electron chi connectivity index (χ4n) is 1.67. The molecule has 0 saturated heterocycles. The third-order valence-electron chi connectivity index (χ3n) is 2.65. The van der Waals surface area contributed by atoms with E-state index >= 15 is 0 Å². The van der Waals surface area contributed by atoms with Crippen molar-refractivity contribution < 1.29 is 9.50 Å². The average molecular weight is 392 g/mol. The number of aliphatic hydroxyl groups excluding tert-OH is 1. The quantitative estimate of drug-likeness (QED) is 0.765. The Morgan fingerprint density at radius 3 is 2.74 bits per heavy atom. The number of nitrogens with one attached hydrogen (secondary N) is 1. The van der Waals surface area contributed by atoms with Crippen molar-refractivity contribution in [2.24, 2.45) is 0 Å². The Hall–Kier alpha value is -0.850. The Bertz CT molecular complexity index is 579. The number of halogens is 3. The standard InChI is InChI=1S/C14H12ClFINO/c15-12-7-11(17)4-5-13(12)18-8-14(19)9-2-1-3-10(16)6-9/h1-7,14,18-19H,8H2. The highest BCUT2D eigenvalue weighted by atomic mass is 127. The number of hydrogen-bond donors (Lipinski definition) is 2. The van der Waals surface area contributed by atoms with Gasteiger partial charge in [-0.3, -0.25) is 0 Å². The Labute approximate surface area is 129 Å². The minimum atomic E-state index is -0.786. The summed E-state index contributed by atoms with van der Waals surface area (Å²) in [6.45, 7) is 0.268. The number of anilines is 1. The van der Waals surface area contributed by atoms with Gasteiger partial charge in [-0.25, -0.2) is 4.39 Å². The van der Waals surface area contributed by atoms with Crippen LogP contribution in [0.5, 0.6) is 0 Å². The van der Waals surface area contributed by atoms with Gasteiger partial charge in [0.05, 0.1) is 16.8 Å². The van der Waals surface area contributed by atoms with Crippen LogP contribution < -0.4 is 5.32 Å². The summed E-state index contributed by atoms with van der Waals surface area (Å²) in [7, 11) is 0. The van der Waals surface area contributed by atoms with Crippen LogP contribution in [0.3, 0.4) is 0 Å². The van der Waals surface area contributed by atoms with Gasteiger partial charge in [-0.2, -0.15) is 0 Å². The van der Waals surface area contributed by atoms with Crippen LogP contribution in [0.25, 0.3) is 0 Å². The summed E-state index contributed by atoms with van der Waals surface area (Å²) in [5.74, 6) is -0.358. The molecule has 0 aliphatic rings. The van der Waals surface area contributed by atoms with Crippen LogP contribution >= 0.6 is 34.2 Å². The van der Waals surface area contributed by atoms with Gasteiger partial charge in [-0.15, -0.1) is 0 Å². The summed E-state index contributed by atoms with van der Waals surface area (Å²) in [6.07, 6.45) is -0.786. The van der Waals surface area contributed by atoms with Gasteiger partial charge < -0.3 is 10.4 Å². The summed E-state index contributed by atoms with van der Waals surface area (Å²) in [6, 6.07) is 11.5. The van der Waals surface area contributed by atoms with Gasteiger partial charge in [-0.1, -0.05) is 23.7 Å². The van der Waals surface area contributed by atoms with E-state index in [9.17, 15) is 9.50 Å². The second-order valence-electron chi connectivity index (χ2n) is 4.08. The van der Waals surface area contributed by atoms with E-state index in [2.05, 4.69) is 27.9 Å². The van der Waals surface area contributed by atoms with Crippen molar-refractivity contribution in [2.45, 2.75) is 6.10 Å². The van der Waals surface area contributed by atoms with Crippen LogP contribution in [0.15, 0.2) is 42.5 Å². The van der Waals surface area contributed by atoms with E-state index < -0.39 is 6.10 Å². The van der Waals surface area contributed by atoms with Gasteiger partial charge in [0, 0.05) is 10.1 Å². The lowest BCUT2D eigenvalue weighted by Gasteiger charge is -2.14. The van der Waals surface area contributed by atoms with E-state index in [0.717, 1.165) is 9.26 Å². The molecule has 100 valence electrons. The molecule has 5 heteroatoms. The lowest BCUT2D eigenvalue weighted by Crippen LogP contribution is -2.12. The SMILES string of the molecule is OC(CNc1ccc(I)cc1Cl)c1cccc(F)c1. The van der Waals surface area contributed by atoms with Crippen LogP contribution in [0.4, 0.5) is 10.1 Å². The molecule has 0 heterocycles. The molecular formula is C14H12ClFINO. The molecule has 2 nitrogen and oxygen atoms in total. The van der Waals surface area contributed by atoms with E-state index in [-0.39, 0.29) is 12.4 Å². The van der Waals surface area contributed by atoms with Crippen LogP contribution in [0.2, 0.25) is 5.02 Å². The first-order chi connectivity index (χ1) is 9.06. The Morgan fingerprint density at radius 2 is 2.05 bits per heavy atom. The van der Waals surface area contributed by atoms with E-state index in [1.165, 1.54) is 12.1 Å². The molecule has 0 aromatic heterocycles. The maximum absolute atomic E-state index is 13.0. The summed E-state index contributed by atoms with van der Waals surface area (Å²) in [4.78, 5) is 0. The zero-order valence-electron chi connectivity index (χ0n) is 9.91. The van der Waals surface area contributed by atoms with E-state index in [0.29, 0.717) is 10.6 Å². The largest absolute Gasteiger partial charge is 0.387 e. The molecule has 0 spiro atoms. The van der Waals surface area contributed by atoms with Crippen LogP contribution in [0.1, 0.15) is 11.7 Å². The van der Waals surface area contributed by atoms with Crippen molar-refractivity contribution in [1.82, 2.24) is 0 Å². The number of benzene rings is 2. The zero-order valence-corrected chi connectivity index (χ0v) is 12.8. The van der Waals surface area contributed by atoms with Crippen molar-refractivity contribution in [3.05, 3.63) is 62.4 Å². The van der Waals surface area contributed by atoms with E-state index in [1.54, 1.807) is 12.1 Å². The fourth-order valence-corrected chi connectivity index (χ4v) is 2.59. The zero-order chi connectivity index (χ0) is 13.8. The molecule has 2 aromatic rings. The Morgan fingerprint density at radius 1 is 1.26 bits per heavy atom. The highest BCUT2D eigenvalue weighted by Gasteiger charge is 2.09. The monoisotopic (exact) mass is 391 g/mol. The van der Waals surface area contributed by atoms with E-state index in [1.807, 2.05) is 18.2 Å². The normalized spacial score (nSPS) is 12.2. The smallest absolute Gasteiger partial charge is 0.123 e. The number of aliphatic hydroxyl groups is 1. The van der Waals surface area contributed by atoms with Crippen molar-refractivity contribution in [3.63, 3.8) is 0 Å². The lowest BCUT2D eigenvalue weighted by atomic mass is 10.1. The second kappa shape index (κ2) is 6.54. The first-order valence-electron chi connectivity index (χ1n) is 5.69. The van der Waals surface area contributed by atoms with Gasteiger partial charge >= 0.3 is 0 Å². The molecule has 2 aromatic carbocycles. The maximum Gasteiger partial charge on any atom is 0.123 e. The minimum absolute atomic E-state index is 0.268. The van der Waals surface area contributed by atoms with Crippen molar-refractivity contribution >= 4 is 39.9 Å². The number of hydrogen-bond acceptors (Lipinski definition) is 2. The molecule has 0 amide bonds. The third kappa shape index (κ3) is 4.06. The summed E-state index contributed by atoms with van der Waals surface area (Å²) in [5, 5.41) is 13.6. The highest BCUT2D eigenvalue weighted by molar-refractivity contribution is 14.1. The van der Waals surface area contributed by atoms with Crippen molar-refractivity contribution in [1.29, 1.82) is 0 Å². The van der Waals surface area contributed by atoms with Crippen molar-refractivity contribution in [3.8, 4) is 0 Å². The first kappa shape index (κ1) is 14.6. The van der Waals surface area contributed by atoms with Gasteiger partial charge in [0.25, 0.3) is 0 Å². The molecule has 19 heavy (non-hydrogen) atoms. The van der Waals surface area contributed by atoms with Gasteiger partial charge in [0.1, 0.15) is 5.82 Å². The molecule has 0 bridgehead atoms. The molecule has 1 atom stereocenters. The molecule has 2 N–H and O–H groups in total. The highest BCUT2D eigenvalue weighted by Crippen LogP contribution is 2.24. The van der Waals surface area contributed by atoms with Crippen LogP contribution in [-0.2, 0) is 0 Å². The molecule has 0 aliphatic heterocycles. The predicted octanol–water partition coefficient (Wildman–Crippen LogP) is 4.23. The molecule has 2 rings (SSSR count). The van der Waals surface area contributed by atoms with E-state index in [4.69, 9.17) is 11.6 Å². The van der Waals surface area contributed by atoms with Crippen LogP contribution in [-0.4, -0.2) is 11.7 Å². The molecule has 1 unspecified atom stereocenters. The van der Waals surface area contributed by atoms with Gasteiger partial charge in [0.2, 0.25) is 0 Å². The Kier molecular flexibility index (Phi) is 5.01. The average Bonchev–Trinajstić information content (AvgIpc) is 2.37. The second-order valence-corrected chi connectivity index (χ2v) is 5.73. The van der Waals surface area contributed by atoms with Gasteiger partial charge in [-0.05, 0) is 58.5 Å². The molecule has 0 radical (unpaired) electrons. The topological polar surface area (TPSA) is 32.3 Å². The van der Waals surface area contributed by atoms with Crippen molar-refractivity contribution in [2.75, 3.05) is 11.9 Å².